The quantitative estimate of drug-likeness (QED) is 0.746. The van der Waals surface area contributed by atoms with Gasteiger partial charge in [0.15, 0.2) is 0 Å². The van der Waals surface area contributed by atoms with Crippen LogP contribution in [-0.2, 0) is 16.6 Å². The van der Waals surface area contributed by atoms with Gasteiger partial charge in [-0.05, 0) is 42.8 Å². The Labute approximate surface area is 140 Å². The van der Waals surface area contributed by atoms with Crippen molar-refractivity contribution in [3.05, 3.63) is 66.6 Å². The first kappa shape index (κ1) is 17.5. The molecule has 0 radical (unpaired) electrons. The summed E-state index contributed by atoms with van der Waals surface area (Å²) in [4.78, 5) is 15.9. The first-order valence-corrected chi connectivity index (χ1v) is 8.67. The molecule has 0 fully saturated rings. The fourth-order valence-electron chi connectivity index (χ4n) is 1.80. The minimum Gasteiger partial charge on any atom is -0.334 e. The summed E-state index contributed by atoms with van der Waals surface area (Å²) in [5, 5.41) is 5.32. The molecule has 126 valence electrons. The van der Waals surface area contributed by atoms with Crippen LogP contribution in [0.25, 0.3) is 0 Å². The molecule has 0 aliphatic heterocycles. The van der Waals surface area contributed by atoms with Gasteiger partial charge in [-0.25, -0.2) is 13.2 Å². The van der Waals surface area contributed by atoms with Gasteiger partial charge in [-0.3, -0.25) is 9.71 Å². The summed E-state index contributed by atoms with van der Waals surface area (Å²) in [6, 6.07) is 9.13. The Morgan fingerprint density at radius 1 is 1.21 bits per heavy atom. The van der Waals surface area contributed by atoms with Gasteiger partial charge < -0.3 is 10.6 Å². The lowest BCUT2D eigenvalue weighted by molar-refractivity contribution is 0.251. The number of carbonyl (C=O) groups is 1. The van der Waals surface area contributed by atoms with Gasteiger partial charge >= 0.3 is 6.03 Å². The summed E-state index contributed by atoms with van der Waals surface area (Å²) in [7, 11) is -3.59. The first-order valence-electron chi connectivity index (χ1n) is 7.18. The third kappa shape index (κ3) is 5.10. The van der Waals surface area contributed by atoms with E-state index in [0.29, 0.717) is 12.2 Å². The van der Waals surface area contributed by atoms with Crippen LogP contribution < -0.4 is 15.4 Å². The Kier molecular flexibility index (Phi) is 5.91. The lowest BCUT2D eigenvalue weighted by atomic mass is 10.3. The molecule has 0 bridgehead atoms. The number of hydrogen-bond donors (Lipinski definition) is 3. The highest BCUT2D eigenvalue weighted by Gasteiger charge is 2.11. The molecular formula is C16H18N4O3S. The summed E-state index contributed by atoms with van der Waals surface area (Å²) in [6.45, 7) is 2.05. The molecular weight excluding hydrogens is 328 g/mol. The number of anilines is 1. The zero-order valence-corrected chi connectivity index (χ0v) is 13.9. The van der Waals surface area contributed by atoms with E-state index in [4.69, 9.17) is 0 Å². The van der Waals surface area contributed by atoms with Crippen molar-refractivity contribution >= 4 is 21.7 Å². The molecule has 2 rings (SSSR count). The highest BCUT2D eigenvalue weighted by Crippen LogP contribution is 2.14. The third-order valence-corrected chi connectivity index (χ3v) is 4.33. The molecule has 0 atom stereocenters. The van der Waals surface area contributed by atoms with Crippen molar-refractivity contribution in [1.29, 1.82) is 0 Å². The summed E-state index contributed by atoms with van der Waals surface area (Å²) < 4.78 is 26.1. The maximum Gasteiger partial charge on any atom is 0.319 e. The van der Waals surface area contributed by atoms with Crippen molar-refractivity contribution in [2.75, 3.05) is 5.32 Å². The predicted molar refractivity (Wildman–Crippen MR) is 91.7 cm³/mol. The van der Waals surface area contributed by atoms with E-state index in [-0.39, 0.29) is 10.9 Å². The van der Waals surface area contributed by atoms with Crippen LogP contribution in [-0.4, -0.2) is 19.4 Å². The van der Waals surface area contributed by atoms with Crippen molar-refractivity contribution in [2.45, 2.75) is 18.4 Å². The Balaban J connectivity index is 1.92. The Hall–Kier alpha value is -2.87. The van der Waals surface area contributed by atoms with Gasteiger partial charge in [0.2, 0.25) is 0 Å². The number of aromatic nitrogens is 1. The fraction of sp³-hybridized carbons (Fsp3) is 0.125. The number of carbonyl (C=O) groups excluding carboxylic acids is 1. The van der Waals surface area contributed by atoms with Crippen molar-refractivity contribution in [2.24, 2.45) is 0 Å². The van der Waals surface area contributed by atoms with Crippen LogP contribution in [0.5, 0.6) is 0 Å². The standard InChI is InChI=1S/C16H18N4O3S/c1-2-9-19-24(22,23)15-7-5-14(6-8-15)20-16(21)18-12-13-4-3-10-17-11-13/h2-11,19H,12H2,1H3,(H2,18,20,21)/b9-2-. The molecule has 7 nitrogen and oxygen atoms in total. The highest BCUT2D eigenvalue weighted by atomic mass is 32.2. The number of hydrogen-bond acceptors (Lipinski definition) is 4. The SMILES string of the molecule is C/C=C\NS(=O)(=O)c1ccc(NC(=O)NCc2cccnc2)cc1. The van der Waals surface area contributed by atoms with E-state index < -0.39 is 10.0 Å². The van der Waals surface area contributed by atoms with Crippen molar-refractivity contribution in [3.63, 3.8) is 0 Å². The number of nitrogens with zero attached hydrogens (tertiary/aromatic N) is 1. The number of rotatable bonds is 6. The molecule has 0 aliphatic rings. The fourth-order valence-corrected chi connectivity index (χ4v) is 2.75. The van der Waals surface area contributed by atoms with E-state index in [1.165, 1.54) is 30.5 Å². The molecule has 0 aliphatic carbocycles. The molecule has 1 aromatic carbocycles. The molecule has 24 heavy (non-hydrogen) atoms. The molecule has 8 heteroatoms. The van der Waals surface area contributed by atoms with Crippen LogP contribution in [0.2, 0.25) is 0 Å². The van der Waals surface area contributed by atoms with Gasteiger partial charge in [-0.2, -0.15) is 0 Å². The normalized spacial score (nSPS) is 11.2. The van der Waals surface area contributed by atoms with E-state index in [0.717, 1.165) is 5.56 Å². The largest absolute Gasteiger partial charge is 0.334 e. The van der Waals surface area contributed by atoms with E-state index in [1.54, 1.807) is 31.5 Å². The van der Waals surface area contributed by atoms with Crippen LogP contribution in [0.4, 0.5) is 10.5 Å². The molecule has 0 saturated heterocycles. The second-order valence-corrected chi connectivity index (χ2v) is 6.53. The average Bonchev–Trinajstić information content (AvgIpc) is 2.60. The number of allylic oxidation sites excluding steroid dienone is 1. The summed E-state index contributed by atoms with van der Waals surface area (Å²) in [5.41, 5.74) is 1.37. The van der Waals surface area contributed by atoms with Gasteiger partial charge in [-0.1, -0.05) is 12.1 Å². The van der Waals surface area contributed by atoms with Gasteiger partial charge in [0, 0.05) is 30.8 Å². The lowest BCUT2D eigenvalue weighted by Gasteiger charge is -2.09. The van der Waals surface area contributed by atoms with Crippen molar-refractivity contribution < 1.29 is 13.2 Å². The third-order valence-electron chi connectivity index (χ3n) is 2.99. The number of amides is 2. The van der Waals surface area contributed by atoms with Gasteiger partial charge in [0.25, 0.3) is 10.0 Å². The summed E-state index contributed by atoms with van der Waals surface area (Å²) >= 11 is 0. The molecule has 2 amide bonds. The molecule has 2 aromatic rings. The number of sulfonamides is 1. The second kappa shape index (κ2) is 8.11. The summed E-state index contributed by atoms with van der Waals surface area (Å²) in [5.74, 6) is 0. The van der Waals surface area contributed by atoms with Gasteiger partial charge in [-0.15, -0.1) is 0 Å². The number of nitrogens with one attached hydrogen (secondary N) is 3. The smallest absolute Gasteiger partial charge is 0.319 e. The van der Waals surface area contributed by atoms with E-state index >= 15 is 0 Å². The van der Waals surface area contributed by atoms with Crippen LogP contribution in [0.3, 0.4) is 0 Å². The Morgan fingerprint density at radius 2 is 1.96 bits per heavy atom. The predicted octanol–water partition coefficient (Wildman–Crippen LogP) is 2.22. The van der Waals surface area contributed by atoms with Crippen LogP contribution in [0.1, 0.15) is 12.5 Å². The molecule has 0 unspecified atom stereocenters. The second-order valence-electron chi connectivity index (χ2n) is 4.81. The Morgan fingerprint density at radius 3 is 2.58 bits per heavy atom. The number of urea groups is 1. The molecule has 3 N–H and O–H groups in total. The first-order chi connectivity index (χ1) is 11.5. The number of benzene rings is 1. The highest BCUT2D eigenvalue weighted by molar-refractivity contribution is 7.89. The van der Waals surface area contributed by atoms with E-state index in [9.17, 15) is 13.2 Å². The van der Waals surface area contributed by atoms with Crippen molar-refractivity contribution in [3.8, 4) is 0 Å². The minimum absolute atomic E-state index is 0.113. The average molecular weight is 346 g/mol. The monoisotopic (exact) mass is 346 g/mol. The van der Waals surface area contributed by atoms with Crippen LogP contribution in [0, 0.1) is 0 Å². The lowest BCUT2D eigenvalue weighted by Crippen LogP contribution is -2.28. The van der Waals surface area contributed by atoms with Gasteiger partial charge in [0.1, 0.15) is 0 Å². The van der Waals surface area contributed by atoms with Crippen LogP contribution >= 0.6 is 0 Å². The van der Waals surface area contributed by atoms with E-state index in [2.05, 4.69) is 20.3 Å². The maximum absolute atomic E-state index is 11.9. The molecule has 0 saturated carbocycles. The van der Waals surface area contributed by atoms with Crippen molar-refractivity contribution in [1.82, 2.24) is 15.0 Å². The molecule has 1 aromatic heterocycles. The molecule has 0 spiro atoms. The zero-order valence-electron chi connectivity index (χ0n) is 13.1. The maximum atomic E-state index is 11.9. The van der Waals surface area contributed by atoms with Crippen LogP contribution in [0.15, 0.2) is 66.0 Å². The minimum atomic E-state index is -3.59. The molecule has 1 heterocycles. The van der Waals surface area contributed by atoms with E-state index in [1.807, 2.05) is 6.07 Å². The number of pyridine rings is 1. The topological polar surface area (TPSA) is 100 Å². The van der Waals surface area contributed by atoms with Gasteiger partial charge in [0.05, 0.1) is 4.90 Å². The Bertz CT molecular complexity index is 803. The zero-order chi connectivity index (χ0) is 17.4. The summed E-state index contributed by atoms with van der Waals surface area (Å²) in [6.07, 6.45) is 6.25.